The Bertz CT molecular complexity index is 1180. The first-order valence-corrected chi connectivity index (χ1v) is 11.2. The van der Waals surface area contributed by atoms with Crippen molar-refractivity contribution < 1.29 is 14.0 Å². The number of carbonyl (C=O) groups excluding carboxylic acids is 2. The normalized spacial score (nSPS) is 13.2. The van der Waals surface area contributed by atoms with E-state index in [0.717, 1.165) is 0 Å². The van der Waals surface area contributed by atoms with Crippen molar-refractivity contribution in [2.45, 2.75) is 32.9 Å². The molecule has 3 aromatic rings. The fourth-order valence-corrected chi connectivity index (χ4v) is 3.53. The molecule has 2 N–H and O–H groups in total. The molecule has 0 aliphatic rings. The highest BCUT2D eigenvalue weighted by Crippen LogP contribution is 2.20. The van der Waals surface area contributed by atoms with Crippen molar-refractivity contribution in [2.24, 2.45) is 5.92 Å². The molecule has 0 saturated heterocycles. The lowest BCUT2D eigenvalue weighted by atomic mass is 9.97. The number of amides is 2. The summed E-state index contributed by atoms with van der Waals surface area (Å²) in [6.45, 7) is 4.99. The molecule has 0 aliphatic carbocycles. The number of oxazole rings is 1. The quantitative estimate of drug-likeness (QED) is 0.496. The molecule has 0 bridgehead atoms. The Morgan fingerprint density at radius 3 is 2.48 bits per heavy atom. The maximum absolute atomic E-state index is 13.1. The Morgan fingerprint density at radius 1 is 1.15 bits per heavy atom. The van der Waals surface area contributed by atoms with E-state index in [0.29, 0.717) is 46.9 Å². The van der Waals surface area contributed by atoms with Crippen LogP contribution in [0.2, 0.25) is 5.02 Å². The minimum absolute atomic E-state index is 0.0998. The highest BCUT2D eigenvalue weighted by molar-refractivity contribution is 6.30. The van der Waals surface area contributed by atoms with Crippen LogP contribution >= 0.6 is 11.6 Å². The molecule has 8 nitrogen and oxygen atoms in total. The molecule has 33 heavy (non-hydrogen) atoms. The number of rotatable bonds is 9. The topological polar surface area (TPSA) is 96.6 Å². The highest BCUT2D eigenvalue weighted by Gasteiger charge is 2.26. The average Bonchev–Trinajstić information content (AvgIpc) is 3.09. The number of nitrogens with zero attached hydrogens (tertiary/aromatic N) is 2. The molecule has 0 saturated carbocycles. The first-order valence-electron chi connectivity index (χ1n) is 10.8. The summed E-state index contributed by atoms with van der Waals surface area (Å²) in [5.41, 5.74) is 1.99. The lowest BCUT2D eigenvalue weighted by Crippen LogP contribution is -2.47. The molecule has 176 valence electrons. The Labute approximate surface area is 197 Å². The number of anilines is 1. The standard InChI is InChI=1S/C24H29ClN4O4/c1-5-15(2)21(27-22(30)16-6-8-17(25)9-7-16)23(31)26-18-10-11-20-19(14-18)29(24(32)33-20)13-12-28(3)4/h6-11,14-15,21H,5,12-13H2,1-4H3,(H,26,31)(H,27,30). The van der Waals surface area contributed by atoms with Crippen molar-refractivity contribution in [1.82, 2.24) is 14.8 Å². The maximum atomic E-state index is 13.1. The number of hydrogen-bond acceptors (Lipinski definition) is 5. The van der Waals surface area contributed by atoms with Gasteiger partial charge >= 0.3 is 5.76 Å². The Balaban J connectivity index is 1.81. The third-order valence-corrected chi connectivity index (χ3v) is 5.85. The average molecular weight is 473 g/mol. The minimum Gasteiger partial charge on any atom is -0.408 e. The maximum Gasteiger partial charge on any atom is 0.419 e. The lowest BCUT2D eigenvalue weighted by molar-refractivity contribution is -0.119. The predicted octanol–water partition coefficient (Wildman–Crippen LogP) is 3.59. The van der Waals surface area contributed by atoms with Crippen LogP contribution in [0, 0.1) is 5.92 Å². The summed E-state index contributed by atoms with van der Waals surface area (Å²) in [4.78, 5) is 40.0. The van der Waals surface area contributed by atoms with Gasteiger partial charge in [-0.1, -0.05) is 31.9 Å². The van der Waals surface area contributed by atoms with Crippen LogP contribution in [0.5, 0.6) is 0 Å². The van der Waals surface area contributed by atoms with Crippen LogP contribution in [-0.2, 0) is 11.3 Å². The second-order valence-corrected chi connectivity index (χ2v) is 8.77. The molecule has 0 fully saturated rings. The van der Waals surface area contributed by atoms with Gasteiger partial charge in [0.25, 0.3) is 5.91 Å². The number of nitrogens with one attached hydrogen (secondary N) is 2. The fourth-order valence-electron chi connectivity index (χ4n) is 3.40. The highest BCUT2D eigenvalue weighted by atomic mass is 35.5. The van der Waals surface area contributed by atoms with Crippen LogP contribution in [0.3, 0.4) is 0 Å². The van der Waals surface area contributed by atoms with Crippen LogP contribution in [0.1, 0.15) is 30.6 Å². The van der Waals surface area contributed by atoms with Gasteiger partial charge in [0.15, 0.2) is 5.58 Å². The van der Waals surface area contributed by atoms with Gasteiger partial charge in [0, 0.05) is 29.4 Å². The monoisotopic (exact) mass is 472 g/mol. The Hall–Kier alpha value is -3.10. The molecular weight excluding hydrogens is 444 g/mol. The molecule has 2 amide bonds. The van der Waals surface area contributed by atoms with Crippen LogP contribution in [0.15, 0.2) is 51.7 Å². The van der Waals surface area contributed by atoms with Gasteiger partial charge in [-0.15, -0.1) is 0 Å². The summed E-state index contributed by atoms with van der Waals surface area (Å²) in [5, 5.41) is 6.24. The van der Waals surface area contributed by atoms with E-state index in [4.69, 9.17) is 16.0 Å². The first-order chi connectivity index (χ1) is 15.7. The van der Waals surface area contributed by atoms with Crippen LogP contribution < -0.4 is 16.4 Å². The summed E-state index contributed by atoms with van der Waals surface area (Å²) in [6, 6.07) is 10.8. The summed E-state index contributed by atoms with van der Waals surface area (Å²) in [7, 11) is 3.85. The zero-order valence-electron chi connectivity index (χ0n) is 19.2. The number of fused-ring (bicyclic) bond motifs is 1. The zero-order chi connectivity index (χ0) is 24.1. The molecule has 0 radical (unpaired) electrons. The van der Waals surface area contributed by atoms with Crippen LogP contribution in [0.25, 0.3) is 11.1 Å². The van der Waals surface area contributed by atoms with E-state index in [1.807, 2.05) is 32.8 Å². The van der Waals surface area contributed by atoms with Crippen LogP contribution in [-0.4, -0.2) is 48.0 Å². The van der Waals surface area contributed by atoms with Gasteiger partial charge in [-0.25, -0.2) is 4.79 Å². The van der Waals surface area contributed by atoms with Gasteiger partial charge in [0.1, 0.15) is 6.04 Å². The minimum atomic E-state index is -0.742. The van der Waals surface area contributed by atoms with E-state index in [1.165, 1.54) is 0 Å². The van der Waals surface area contributed by atoms with Crippen molar-refractivity contribution in [3.8, 4) is 0 Å². The molecule has 0 spiro atoms. The van der Waals surface area contributed by atoms with Gasteiger partial charge in [-0.2, -0.15) is 0 Å². The van der Waals surface area contributed by atoms with E-state index in [1.54, 1.807) is 47.0 Å². The number of aromatic nitrogens is 1. The fraction of sp³-hybridized carbons (Fsp3) is 0.375. The second-order valence-electron chi connectivity index (χ2n) is 8.34. The Kier molecular flexibility index (Phi) is 7.94. The first kappa shape index (κ1) is 24.5. The van der Waals surface area contributed by atoms with E-state index >= 15 is 0 Å². The Morgan fingerprint density at radius 2 is 1.85 bits per heavy atom. The molecule has 3 rings (SSSR count). The molecule has 9 heteroatoms. The molecule has 1 aromatic heterocycles. The SMILES string of the molecule is CCC(C)C(NC(=O)c1ccc(Cl)cc1)C(=O)Nc1ccc2oc(=O)n(CCN(C)C)c2c1. The van der Waals surface area contributed by atoms with Gasteiger partial charge in [0.2, 0.25) is 5.91 Å². The van der Waals surface area contributed by atoms with E-state index in [9.17, 15) is 14.4 Å². The number of carbonyl (C=O) groups is 2. The number of hydrogen-bond donors (Lipinski definition) is 2. The lowest BCUT2D eigenvalue weighted by Gasteiger charge is -2.23. The van der Waals surface area contributed by atoms with Crippen molar-refractivity contribution in [3.05, 3.63) is 63.6 Å². The third kappa shape index (κ3) is 6.03. The summed E-state index contributed by atoms with van der Waals surface area (Å²) in [5.74, 6) is -1.23. The molecule has 2 atom stereocenters. The summed E-state index contributed by atoms with van der Waals surface area (Å²) >= 11 is 5.90. The largest absolute Gasteiger partial charge is 0.419 e. The predicted molar refractivity (Wildman–Crippen MR) is 130 cm³/mol. The molecule has 1 heterocycles. The smallest absolute Gasteiger partial charge is 0.408 e. The van der Waals surface area contributed by atoms with Crippen molar-refractivity contribution in [1.29, 1.82) is 0 Å². The number of halogens is 1. The summed E-state index contributed by atoms with van der Waals surface area (Å²) in [6.07, 6.45) is 0.698. The molecule has 2 unspecified atom stereocenters. The van der Waals surface area contributed by atoms with E-state index in [2.05, 4.69) is 10.6 Å². The summed E-state index contributed by atoms with van der Waals surface area (Å²) < 4.78 is 6.86. The second kappa shape index (κ2) is 10.7. The molecule has 0 aliphatic heterocycles. The van der Waals surface area contributed by atoms with E-state index in [-0.39, 0.29) is 17.7 Å². The van der Waals surface area contributed by atoms with Gasteiger partial charge in [-0.3, -0.25) is 14.2 Å². The third-order valence-electron chi connectivity index (χ3n) is 5.59. The van der Waals surface area contributed by atoms with Crippen molar-refractivity contribution >= 4 is 40.2 Å². The molecule has 2 aromatic carbocycles. The van der Waals surface area contributed by atoms with Crippen molar-refractivity contribution in [2.75, 3.05) is 26.0 Å². The van der Waals surface area contributed by atoms with Gasteiger partial charge in [-0.05, 0) is 62.5 Å². The number of benzene rings is 2. The zero-order valence-corrected chi connectivity index (χ0v) is 20.0. The van der Waals surface area contributed by atoms with Crippen LogP contribution in [0.4, 0.5) is 5.69 Å². The number of likely N-dealkylation sites (N-methyl/N-ethyl adjacent to an activating group) is 1. The molecular formula is C24H29ClN4O4. The van der Waals surface area contributed by atoms with Crippen molar-refractivity contribution in [3.63, 3.8) is 0 Å². The van der Waals surface area contributed by atoms with E-state index < -0.39 is 11.8 Å². The van der Waals surface area contributed by atoms with Gasteiger partial charge < -0.3 is 20.0 Å². The van der Waals surface area contributed by atoms with Gasteiger partial charge in [0.05, 0.1) is 5.52 Å².